The maximum Gasteiger partial charge on any atom is 0.205 e. The van der Waals surface area contributed by atoms with E-state index in [2.05, 4.69) is 33.9 Å². The summed E-state index contributed by atoms with van der Waals surface area (Å²) in [5.41, 5.74) is 1.86. The van der Waals surface area contributed by atoms with E-state index in [0.29, 0.717) is 0 Å². The summed E-state index contributed by atoms with van der Waals surface area (Å²) < 4.78 is 29.0. The van der Waals surface area contributed by atoms with Gasteiger partial charge in [-0.15, -0.1) is 0 Å². The summed E-state index contributed by atoms with van der Waals surface area (Å²) in [5.74, 6) is 0.0771. The van der Waals surface area contributed by atoms with E-state index in [0.717, 1.165) is 11.1 Å². The van der Waals surface area contributed by atoms with Crippen molar-refractivity contribution in [2.75, 3.05) is 6.26 Å². The number of hydrogen-bond donors (Lipinski definition) is 0. The summed E-state index contributed by atoms with van der Waals surface area (Å²) in [6.45, 7) is 10.7. The van der Waals surface area contributed by atoms with Crippen molar-refractivity contribution >= 4 is 18.9 Å². The van der Waals surface area contributed by atoms with Crippen LogP contribution in [0.25, 0.3) is 0 Å². The van der Waals surface area contributed by atoms with Crippen molar-refractivity contribution < 1.29 is 12.8 Å². The van der Waals surface area contributed by atoms with Crippen molar-refractivity contribution in [3.05, 3.63) is 35.4 Å². The van der Waals surface area contributed by atoms with Crippen molar-refractivity contribution in [3.63, 3.8) is 0 Å². The SMILES string of the molecule is C[Si](C)OC(c1cccc(CS(C)(=O)=O)c1)C(C)(C)C. The Hall–Kier alpha value is -0.653. The highest BCUT2D eigenvalue weighted by atomic mass is 32.2. The van der Waals surface area contributed by atoms with Gasteiger partial charge < -0.3 is 4.43 Å². The van der Waals surface area contributed by atoms with Crippen LogP contribution < -0.4 is 0 Å². The van der Waals surface area contributed by atoms with Crippen molar-refractivity contribution in [3.8, 4) is 0 Å². The minimum atomic E-state index is -3.01. The summed E-state index contributed by atoms with van der Waals surface area (Å²) in [5, 5.41) is 0. The van der Waals surface area contributed by atoms with Crippen LogP contribution in [0.15, 0.2) is 24.3 Å². The molecule has 0 aliphatic carbocycles. The fourth-order valence-electron chi connectivity index (χ4n) is 2.13. The number of sulfone groups is 1. The van der Waals surface area contributed by atoms with Crippen molar-refractivity contribution in [2.45, 2.75) is 45.7 Å². The molecule has 1 aromatic carbocycles. The molecule has 113 valence electrons. The lowest BCUT2D eigenvalue weighted by Crippen LogP contribution is -2.26. The van der Waals surface area contributed by atoms with E-state index >= 15 is 0 Å². The van der Waals surface area contributed by atoms with E-state index in [1.807, 2.05) is 24.3 Å². The first-order valence-corrected chi connectivity index (χ1v) is 11.2. The molecule has 1 aromatic rings. The Bertz CT molecular complexity index is 544. The van der Waals surface area contributed by atoms with Crippen LogP contribution in [0.5, 0.6) is 0 Å². The number of hydrogen-bond acceptors (Lipinski definition) is 3. The van der Waals surface area contributed by atoms with Crippen LogP contribution in [0.2, 0.25) is 13.1 Å². The van der Waals surface area contributed by atoms with E-state index in [-0.39, 0.29) is 17.3 Å². The average molecular weight is 314 g/mol. The largest absolute Gasteiger partial charge is 0.410 e. The molecule has 0 fully saturated rings. The van der Waals surface area contributed by atoms with Gasteiger partial charge in [-0.2, -0.15) is 0 Å². The Morgan fingerprint density at radius 1 is 1.25 bits per heavy atom. The molecule has 1 rings (SSSR count). The monoisotopic (exact) mass is 313 g/mol. The normalized spacial score (nSPS) is 14.6. The van der Waals surface area contributed by atoms with Crippen LogP contribution in [0.4, 0.5) is 0 Å². The van der Waals surface area contributed by atoms with Gasteiger partial charge in [-0.1, -0.05) is 45.0 Å². The molecule has 0 saturated heterocycles. The minimum absolute atomic E-state index is 0.00843. The molecular formula is C15H25O3SSi. The highest BCUT2D eigenvalue weighted by molar-refractivity contribution is 7.89. The molecule has 0 spiro atoms. The molecule has 0 aromatic heterocycles. The molecule has 20 heavy (non-hydrogen) atoms. The first kappa shape index (κ1) is 17.4. The first-order chi connectivity index (χ1) is 8.99. The smallest absolute Gasteiger partial charge is 0.205 e. The quantitative estimate of drug-likeness (QED) is 0.780. The second-order valence-electron chi connectivity index (χ2n) is 6.59. The summed E-state index contributed by atoms with van der Waals surface area (Å²) in [6, 6.07) is 7.75. The molecular weight excluding hydrogens is 288 g/mol. The number of benzene rings is 1. The molecule has 0 aliphatic heterocycles. The molecule has 0 N–H and O–H groups in total. The molecule has 0 aliphatic rings. The van der Waals surface area contributed by atoms with Crippen molar-refractivity contribution in [1.29, 1.82) is 0 Å². The van der Waals surface area contributed by atoms with E-state index in [1.54, 1.807) is 0 Å². The number of rotatable bonds is 5. The highest BCUT2D eigenvalue weighted by Crippen LogP contribution is 2.36. The minimum Gasteiger partial charge on any atom is -0.410 e. The Kier molecular flexibility index (Phi) is 5.58. The summed E-state index contributed by atoms with van der Waals surface area (Å²) in [4.78, 5) is 0. The van der Waals surface area contributed by atoms with Crippen molar-refractivity contribution in [1.82, 2.24) is 0 Å². The average Bonchev–Trinajstić information content (AvgIpc) is 2.22. The zero-order valence-corrected chi connectivity index (χ0v) is 15.0. The predicted molar refractivity (Wildman–Crippen MR) is 85.8 cm³/mol. The van der Waals surface area contributed by atoms with Crippen LogP contribution in [0, 0.1) is 5.41 Å². The van der Waals surface area contributed by atoms with Gasteiger partial charge in [0, 0.05) is 6.26 Å². The fourth-order valence-corrected chi connectivity index (χ4v) is 3.88. The Balaban J connectivity index is 3.12. The van der Waals surface area contributed by atoms with Gasteiger partial charge in [0.25, 0.3) is 0 Å². The second-order valence-corrected chi connectivity index (χ2v) is 10.8. The van der Waals surface area contributed by atoms with E-state index in [9.17, 15) is 8.42 Å². The summed E-state index contributed by atoms with van der Waals surface area (Å²) in [6.07, 6.45) is 1.25. The molecule has 5 heteroatoms. The van der Waals surface area contributed by atoms with Gasteiger partial charge in [0.15, 0.2) is 9.84 Å². The van der Waals surface area contributed by atoms with E-state index in [4.69, 9.17) is 4.43 Å². The van der Waals surface area contributed by atoms with E-state index < -0.39 is 18.9 Å². The van der Waals surface area contributed by atoms with Gasteiger partial charge in [-0.25, -0.2) is 8.42 Å². The second kappa shape index (κ2) is 6.41. The summed E-state index contributed by atoms with van der Waals surface area (Å²) in [7, 11) is -3.84. The van der Waals surface area contributed by atoms with Gasteiger partial charge in [0.2, 0.25) is 9.04 Å². The van der Waals surface area contributed by atoms with E-state index in [1.165, 1.54) is 6.26 Å². The molecule has 1 radical (unpaired) electrons. The topological polar surface area (TPSA) is 43.4 Å². The first-order valence-electron chi connectivity index (χ1n) is 6.72. The molecule has 3 nitrogen and oxygen atoms in total. The van der Waals surface area contributed by atoms with Crippen LogP contribution in [0.3, 0.4) is 0 Å². The Morgan fingerprint density at radius 2 is 1.85 bits per heavy atom. The highest BCUT2D eigenvalue weighted by Gasteiger charge is 2.28. The van der Waals surface area contributed by atoms with Gasteiger partial charge in [-0.3, -0.25) is 0 Å². The third kappa shape index (κ3) is 5.77. The lowest BCUT2D eigenvalue weighted by Gasteiger charge is -2.33. The summed E-state index contributed by atoms with van der Waals surface area (Å²) >= 11 is 0. The molecule has 0 bridgehead atoms. The van der Waals surface area contributed by atoms with Gasteiger partial charge in [-0.05, 0) is 29.6 Å². The standard InChI is InChI=1S/C15H25O3SSi/c1-15(2,3)14(18-20(5)6)13-9-7-8-12(10-13)11-19(4,16)17/h7-10,14H,11H2,1-6H3. The maximum atomic E-state index is 11.4. The predicted octanol–water partition coefficient (Wildman–Crippen LogP) is 3.59. The molecule has 0 amide bonds. The van der Waals surface area contributed by atoms with Crippen LogP contribution in [-0.4, -0.2) is 23.7 Å². The molecule has 0 saturated carbocycles. The maximum absolute atomic E-state index is 11.4. The fraction of sp³-hybridized carbons (Fsp3) is 0.600. The molecule has 1 unspecified atom stereocenters. The van der Waals surface area contributed by atoms with Gasteiger partial charge in [0.05, 0.1) is 11.9 Å². The van der Waals surface area contributed by atoms with Crippen LogP contribution in [0.1, 0.15) is 38.0 Å². The van der Waals surface area contributed by atoms with Gasteiger partial charge in [0.1, 0.15) is 0 Å². The lowest BCUT2D eigenvalue weighted by molar-refractivity contribution is 0.0865. The van der Waals surface area contributed by atoms with Gasteiger partial charge >= 0.3 is 0 Å². The van der Waals surface area contributed by atoms with Crippen molar-refractivity contribution in [2.24, 2.45) is 5.41 Å². The molecule has 0 heterocycles. The third-order valence-electron chi connectivity index (χ3n) is 2.82. The lowest BCUT2D eigenvalue weighted by atomic mass is 9.84. The Labute approximate surface area is 125 Å². The van der Waals surface area contributed by atoms with Crippen LogP contribution >= 0.6 is 0 Å². The third-order valence-corrected chi connectivity index (χ3v) is 4.39. The molecule has 1 atom stereocenters. The van der Waals surface area contributed by atoms with Crippen LogP contribution in [-0.2, 0) is 20.0 Å². The zero-order valence-electron chi connectivity index (χ0n) is 13.2. The Morgan fingerprint density at radius 3 is 2.30 bits per heavy atom. The zero-order chi connectivity index (χ0) is 15.6.